The van der Waals surface area contributed by atoms with E-state index in [1.807, 2.05) is 16.3 Å². The Morgan fingerprint density at radius 3 is 2.29 bits per heavy atom. The fourth-order valence-electron chi connectivity index (χ4n) is 2.61. The summed E-state index contributed by atoms with van der Waals surface area (Å²) in [6.07, 6.45) is 0. The minimum absolute atomic E-state index is 0.236. The van der Waals surface area contributed by atoms with Crippen LogP contribution in [-0.2, 0) is 10.0 Å². The Morgan fingerprint density at radius 2 is 1.61 bits per heavy atom. The predicted molar refractivity (Wildman–Crippen MR) is 101 cm³/mol. The van der Waals surface area contributed by atoms with Crippen molar-refractivity contribution in [3.8, 4) is 11.1 Å². The summed E-state index contributed by atoms with van der Waals surface area (Å²) in [6, 6.07) is 16.3. The van der Waals surface area contributed by atoms with Crippen LogP contribution in [0.5, 0.6) is 0 Å². The van der Waals surface area contributed by atoms with E-state index in [2.05, 4.69) is 0 Å². The van der Waals surface area contributed by atoms with Crippen molar-refractivity contribution in [1.29, 1.82) is 0 Å². The van der Waals surface area contributed by atoms with E-state index in [1.165, 1.54) is 25.1 Å². The number of amides is 1. The van der Waals surface area contributed by atoms with Gasteiger partial charge in [0, 0.05) is 0 Å². The van der Waals surface area contributed by atoms with Gasteiger partial charge in [-0.15, -0.1) is 4.83 Å². The lowest BCUT2D eigenvalue weighted by molar-refractivity contribution is 0.0941. The fraction of sp³-hybridized carbons (Fsp3) is 0.0500. The highest BCUT2D eigenvalue weighted by Crippen LogP contribution is 2.24. The average Bonchev–Trinajstić information content (AvgIpc) is 2.69. The van der Waals surface area contributed by atoms with Crippen LogP contribution in [0.1, 0.15) is 15.9 Å². The molecule has 144 valence electrons. The molecule has 2 N–H and O–H groups in total. The molecule has 0 aromatic heterocycles. The zero-order valence-corrected chi connectivity index (χ0v) is 15.6. The van der Waals surface area contributed by atoms with Gasteiger partial charge >= 0.3 is 0 Å². The normalized spacial score (nSPS) is 11.2. The van der Waals surface area contributed by atoms with Gasteiger partial charge in [-0.25, -0.2) is 17.2 Å². The van der Waals surface area contributed by atoms with Crippen LogP contribution in [0.3, 0.4) is 0 Å². The van der Waals surface area contributed by atoms with Crippen LogP contribution in [0.25, 0.3) is 11.1 Å². The number of hydrogen-bond donors (Lipinski definition) is 2. The van der Waals surface area contributed by atoms with E-state index in [9.17, 15) is 22.0 Å². The van der Waals surface area contributed by atoms with Gasteiger partial charge in [0.15, 0.2) is 0 Å². The van der Waals surface area contributed by atoms with Gasteiger partial charge in [-0.3, -0.25) is 10.2 Å². The molecule has 3 rings (SSSR count). The third-order valence-electron chi connectivity index (χ3n) is 4.01. The second kappa shape index (κ2) is 7.87. The summed E-state index contributed by atoms with van der Waals surface area (Å²) < 4.78 is 52.0. The molecule has 5 nitrogen and oxygen atoms in total. The number of nitrogens with one attached hydrogen (secondary N) is 2. The number of hydrogen-bond acceptors (Lipinski definition) is 3. The standard InChI is InChI=1S/C20H16F2N2O3S/c1-13-10-15(14-6-3-2-4-7-14)11-18(19(13)22)20(25)23-24-28(26,27)17-9-5-8-16(21)12-17/h2-12,24H,1H3,(H,23,25). The number of carbonyl (C=O) groups is 1. The third-order valence-corrected chi connectivity index (χ3v) is 5.26. The highest BCUT2D eigenvalue weighted by molar-refractivity contribution is 7.89. The first-order valence-electron chi connectivity index (χ1n) is 8.21. The van der Waals surface area contributed by atoms with Crippen molar-refractivity contribution in [2.75, 3.05) is 0 Å². The summed E-state index contributed by atoms with van der Waals surface area (Å²) in [6.45, 7) is 1.51. The second-order valence-corrected chi connectivity index (χ2v) is 7.72. The SMILES string of the molecule is Cc1cc(-c2ccccc2)cc(C(=O)NNS(=O)(=O)c2cccc(F)c2)c1F. The first-order chi connectivity index (χ1) is 13.3. The van der Waals surface area contributed by atoms with Crippen LogP contribution in [0.15, 0.2) is 71.6 Å². The fourth-order valence-corrected chi connectivity index (χ4v) is 3.48. The molecule has 0 unspecified atom stereocenters. The van der Waals surface area contributed by atoms with E-state index in [4.69, 9.17) is 0 Å². The smallest absolute Gasteiger partial charge is 0.269 e. The topological polar surface area (TPSA) is 75.3 Å². The van der Waals surface area contributed by atoms with Crippen molar-refractivity contribution in [3.05, 3.63) is 89.5 Å². The molecule has 0 aliphatic heterocycles. The lowest BCUT2D eigenvalue weighted by Crippen LogP contribution is -2.42. The molecule has 0 saturated carbocycles. The molecule has 3 aromatic carbocycles. The Hall–Kier alpha value is -3.10. The molecule has 0 radical (unpaired) electrons. The van der Waals surface area contributed by atoms with Crippen LogP contribution >= 0.6 is 0 Å². The van der Waals surface area contributed by atoms with Gasteiger partial charge in [0.25, 0.3) is 15.9 Å². The lowest BCUT2D eigenvalue weighted by atomic mass is 9.99. The van der Waals surface area contributed by atoms with Crippen molar-refractivity contribution in [2.45, 2.75) is 11.8 Å². The van der Waals surface area contributed by atoms with Crippen molar-refractivity contribution < 1.29 is 22.0 Å². The van der Waals surface area contributed by atoms with E-state index in [0.29, 0.717) is 5.56 Å². The van der Waals surface area contributed by atoms with Crippen LogP contribution in [-0.4, -0.2) is 14.3 Å². The highest BCUT2D eigenvalue weighted by Gasteiger charge is 2.20. The van der Waals surface area contributed by atoms with Gasteiger partial charge in [-0.2, -0.15) is 0 Å². The lowest BCUT2D eigenvalue weighted by Gasteiger charge is -2.12. The first-order valence-corrected chi connectivity index (χ1v) is 9.69. The van der Waals surface area contributed by atoms with E-state index in [-0.39, 0.29) is 16.0 Å². The van der Waals surface area contributed by atoms with Crippen molar-refractivity contribution in [3.63, 3.8) is 0 Å². The van der Waals surface area contributed by atoms with Crippen molar-refractivity contribution in [2.24, 2.45) is 0 Å². The largest absolute Gasteiger partial charge is 0.273 e. The third kappa shape index (κ3) is 4.24. The summed E-state index contributed by atoms with van der Waals surface area (Å²) in [7, 11) is -4.22. The van der Waals surface area contributed by atoms with E-state index in [1.54, 1.807) is 30.3 Å². The molecule has 8 heteroatoms. The number of halogens is 2. The zero-order chi connectivity index (χ0) is 20.3. The van der Waals surface area contributed by atoms with Crippen LogP contribution in [0.2, 0.25) is 0 Å². The quantitative estimate of drug-likeness (QED) is 0.641. The summed E-state index contributed by atoms with van der Waals surface area (Å²) in [5.74, 6) is -2.48. The number of carbonyl (C=O) groups excluding carboxylic acids is 1. The number of aryl methyl sites for hydroxylation is 1. The van der Waals surface area contributed by atoms with Crippen LogP contribution in [0, 0.1) is 18.6 Å². The van der Waals surface area contributed by atoms with E-state index in [0.717, 1.165) is 17.7 Å². The molecule has 1 amide bonds. The summed E-state index contributed by atoms with van der Waals surface area (Å²) in [5.41, 5.74) is 3.27. The Bertz CT molecular complexity index is 1130. The average molecular weight is 402 g/mol. The molecule has 0 heterocycles. The molecular weight excluding hydrogens is 386 g/mol. The molecular formula is C20H16F2N2O3S. The minimum atomic E-state index is -4.22. The number of rotatable bonds is 5. The van der Waals surface area contributed by atoms with Crippen LogP contribution in [0.4, 0.5) is 8.78 Å². The van der Waals surface area contributed by atoms with Gasteiger partial charge in [0.2, 0.25) is 0 Å². The molecule has 0 aliphatic rings. The molecule has 3 aromatic rings. The summed E-state index contributed by atoms with van der Waals surface area (Å²) >= 11 is 0. The number of sulfonamides is 1. The van der Waals surface area contributed by atoms with E-state index >= 15 is 0 Å². The number of benzene rings is 3. The van der Waals surface area contributed by atoms with Gasteiger partial charge in [-0.1, -0.05) is 36.4 Å². The molecule has 0 saturated heterocycles. The summed E-state index contributed by atoms with van der Waals surface area (Å²) in [5, 5.41) is 0. The first kappa shape index (κ1) is 19.7. The van der Waals surface area contributed by atoms with Gasteiger partial charge in [-0.05, 0) is 53.9 Å². The molecule has 28 heavy (non-hydrogen) atoms. The van der Waals surface area contributed by atoms with Gasteiger partial charge in [0.05, 0.1) is 10.5 Å². The predicted octanol–water partition coefficient (Wildman–Crippen LogP) is 3.56. The van der Waals surface area contributed by atoms with Crippen molar-refractivity contribution >= 4 is 15.9 Å². The maximum atomic E-state index is 14.5. The maximum Gasteiger partial charge on any atom is 0.269 e. The Labute approximate surface area is 161 Å². The van der Waals surface area contributed by atoms with Gasteiger partial charge in [0.1, 0.15) is 11.6 Å². The molecule has 0 spiro atoms. The minimum Gasteiger partial charge on any atom is -0.273 e. The van der Waals surface area contributed by atoms with Gasteiger partial charge < -0.3 is 0 Å². The highest BCUT2D eigenvalue weighted by atomic mass is 32.2. The van der Waals surface area contributed by atoms with Crippen molar-refractivity contribution in [1.82, 2.24) is 10.3 Å². The molecule has 0 aliphatic carbocycles. The molecule has 0 bridgehead atoms. The Morgan fingerprint density at radius 1 is 0.893 bits per heavy atom. The molecule has 0 atom stereocenters. The Kier molecular flexibility index (Phi) is 5.53. The van der Waals surface area contributed by atoms with E-state index < -0.39 is 27.6 Å². The zero-order valence-electron chi connectivity index (χ0n) is 14.7. The van der Waals surface area contributed by atoms with Crippen LogP contribution < -0.4 is 10.3 Å². The molecule has 0 fully saturated rings. The Balaban J connectivity index is 1.85. The number of hydrazine groups is 1. The summed E-state index contributed by atoms with van der Waals surface area (Å²) in [4.78, 5) is 13.9. The second-order valence-electron chi connectivity index (χ2n) is 6.04. The monoisotopic (exact) mass is 402 g/mol. The maximum absolute atomic E-state index is 14.5.